The average molecular weight is 503 g/mol. The molecule has 2 heterocycles. The predicted octanol–water partition coefficient (Wildman–Crippen LogP) is 5.29. The van der Waals surface area contributed by atoms with Crippen LogP contribution in [-0.2, 0) is 13.1 Å². The van der Waals surface area contributed by atoms with Gasteiger partial charge in [-0.2, -0.15) is 10.2 Å². The second-order valence-corrected chi connectivity index (χ2v) is 8.36. The van der Waals surface area contributed by atoms with Gasteiger partial charge in [0.2, 0.25) is 0 Å². The van der Waals surface area contributed by atoms with E-state index in [1.807, 2.05) is 31.3 Å². The van der Waals surface area contributed by atoms with E-state index in [-0.39, 0.29) is 12.5 Å². The number of halogens is 3. The van der Waals surface area contributed by atoms with Crippen LogP contribution in [-0.4, -0.2) is 25.5 Å². The highest BCUT2D eigenvalue weighted by Crippen LogP contribution is 2.21. The summed E-state index contributed by atoms with van der Waals surface area (Å²) < 4.78 is 18.4. The van der Waals surface area contributed by atoms with Crippen LogP contribution in [0.25, 0.3) is 0 Å². The fraction of sp³-hybridized carbons (Fsp3) is 0.136. The summed E-state index contributed by atoms with van der Waals surface area (Å²) in [6, 6.07) is 13.6. The molecule has 0 atom stereocenters. The van der Waals surface area contributed by atoms with Crippen molar-refractivity contribution in [1.82, 2.24) is 19.6 Å². The Hall–Kier alpha value is -2.97. The van der Waals surface area contributed by atoms with E-state index in [2.05, 4.69) is 31.4 Å². The molecule has 0 radical (unpaired) electrons. The van der Waals surface area contributed by atoms with Crippen molar-refractivity contribution in [1.29, 1.82) is 0 Å². The molecule has 0 spiro atoms. The summed E-state index contributed by atoms with van der Waals surface area (Å²) in [5, 5.41) is 11.8. The number of nitrogens with one attached hydrogen (secondary N) is 1. The van der Waals surface area contributed by atoms with Crippen molar-refractivity contribution in [3.05, 3.63) is 98.6 Å². The van der Waals surface area contributed by atoms with Crippen molar-refractivity contribution in [2.75, 3.05) is 5.32 Å². The second kappa shape index (κ2) is 9.03. The maximum atomic E-state index is 14.1. The van der Waals surface area contributed by atoms with Gasteiger partial charge in [0, 0.05) is 34.1 Å². The number of aryl methyl sites for hydroxylation is 1. The van der Waals surface area contributed by atoms with E-state index >= 15 is 0 Å². The van der Waals surface area contributed by atoms with Crippen molar-refractivity contribution in [3.8, 4) is 0 Å². The van der Waals surface area contributed by atoms with E-state index in [0.717, 1.165) is 15.7 Å². The Morgan fingerprint density at radius 1 is 1.19 bits per heavy atom. The summed E-state index contributed by atoms with van der Waals surface area (Å²) >= 11 is 9.49. The van der Waals surface area contributed by atoms with Gasteiger partial charge in [-0.3, -0.25) is 14.2 Å². The molecule has 31 heavy (non-hydrogen) atoms. The standard InChI is InChI=1S/C22H18BrClFN5O/c1-14-8-21(28-30(14)13-18-19(24)6-3-7-20(18)25)27-22(31)16-5-2-4-15(9-16)11-29-12-17(23)10-26-29/h2-10,12H,11,13H2,1H3,(H,27,28,31). The normalized spacial score (nSPS) is 11.0. The molecule has 1 amide bonds. The predicted molar refractivity (Wildman–Crippen MR) is 121 cm³/mol. The average Bonchev–Trinajstić information content (AvgIpc) is 3.29. The van der Waals surface area contributed by atoms with Crippen molar-refractivity contribution in [2.24, 2.45) is 0 Å². The summed E-state index contributed by atoms with van der Waals surface area (Å²) in [7, 11) is 0. The molecule has 0 aliphatic carbocycles. The van der Waals surface area contributed by atoms with Gasteiger partial charge < -0.3 is 5.32 Å². The maximum absolute atomic E-state index is 14.1. The molecule has 0 bridgehead atoms. The highest BCUT2D eigenvalue weighted by Gasteiger charge is 2.14. The van der Waals surface area contributed by atoms with E-state index in [4.69, 9.17) is 11.6 Å². The lowest BCUT2D eigenvalue weighted by atomic mass is 10.1. The van der Waals surface area contributed by atoms with E-state index in [0.29, 0.717) is 28.5 Å². The summed E-state index contributed by atoms with van der Waals surface area (Å²) in [6.45, 7) is 2.55. The van der Waals surface area contributed by atoms with Crippen LogP contribution >= 0.6 is 27.5 Å². The largest absolute Gasteiger partial charge is 0.305 e. The molecule has 158 valence electrons. The molecule has 0 saturated carbocycles. The first kappa shape index (κ1) is 21.3. The van der Waals surface area contributed by atoms with Gasteiger partial charge in [-0.15, -0.1) is 0 Å². The quantitative estimate of drug-likeness (QED) is 0.389. The molecule has 0 fully saturated rings. The van der Waals surface area contributed by atoms with Crippen molar-refractivity contribution in [2.45, 2.75) is 20.0 Å². The van der Waals surface area contributed by atoms with E-state index in [9.17, 15) is 9.18 Å². The van der Waals surface area contributed by atoms with Crippen LogP contribution in [0.3, 0.4) is 0 Å². The fourth-order valence-corrected chi connectivity index (χ4v) is 3.73. The first-order valence-corrected chi connectivity index (χ1v) is 10.6. The molecular weight excluding hydrogens is 485 g/mol. The zero-order chi connectivity index (χ0) is 22.0. The molecule has 0 aliphatic rings. The number of anilines is 1. The minimum atomic E-state index is -0.394. The van der Waals surface area contributed by atoms with Crippen LogP contribution in [0.15, 0.2) is 65.4 Å². The Morgan fingerprint density at radius 2 is 2.00 bits per heavy atom. The van der Waals surface area contributed by atoms with Crippen LogP contribution in [0.4, 0.5) is 10.2 Å². The molecular formula is C22H18BrClFN5O. The number of rotatable bonds is 6. The second-order valence-electron chi connectivity index (χ2n) is 7.04. The highest BCUT2D eigenvalue weighted by atomic mass is 79.9. The van der Waals surface area contributed by atoms with Crippen molar-refractivity contribution < 1.29 is 9.18 Å². The number of carbonyl (C=O) groups excluding carboxylic acids is 1. The Bertz CT molecular complexity index is 1230. The number of hydrogen-bond donors (Lipinski definition) is 1. The molecule has 4 aromatic rings. The number of aromatic nitrogens is 4. The SMILES string of the molecule is Cc1cc(NC(=O)c2cccc(Cn3cc(Br)cn3)c2)nn1Cc1c(F)cccc1Cl. The summed E-state index contributed by atoms with van der Waals surface area (Å²) in [6.07, 6.45) is 3.58. The zero-order valence-corrected chi connectivity index (χ0v) is 18.9. The van der Waals surface area contributed by atoms with Gasteiger partial charge >= 0.3 is 0 Å². The lowest BCUT2D eigenvalue weighted by Gasteiger charge is -2.08. The number of nitrogens with zero attached hydrogens (tertiary/aromatic N) is 4. The first-order chi connectivity index (χ1) is 14.9. The molecule has 4 rings (SSSR count). The molecule has 0 aliphatic heterocycles. The van der Waals surface area contributed by atoms with E-state index in [1.165, 1.54) is 6.07 Å². The molecule has 2 aromatic heterocycles. The van der Waals surface area contributed by atoms with Crippen molar-refractivity contribution in [3.63, 3.8) is 0 Å². The number of benzene rings is 2. The summed E-state index contributed by atoms with van der Waals surface area (Å²) in [5.74, 6) is -0.289. The third-order valence-electron chi connectivity index (χ3n) is 4.73. The Balaban J connectivity index is 1.48. The third-order valence-corrected chi connectivity index (χ3v) is 5.49. The minimum absolute atomic E-state index is 0.169. The van der Waals surface area contributed by atoms with Gasteiger partial charge in [-0.1, -0.05) is 29.8 Å². The summed E-state index contributed by atoms with van der Waals surface area (Å²) in [4.78, 5) is 12.7. The Labute approximate surface area is 191 Å². The van der Waals surface area contributed by atoms with Crippen LogP contribution < -0.4 is 5.32 Å². The van der Waals surface area contributed by atoms with Gasteiger partial charge in [-0.05, 0) is 52.7 Å². The molecule has 2 aromatic carbocycles. The molecule has 9 heteroatoms. The number of hydrogen-bond acceptors (Lipinski definition) is 3. The van der Waals surface area contributed by atoms with Crippen LogP contribution in [0.5, 0.6) is 0 Å². The van der Waals surface area contributed by atoms with Crippen LogP contribution in [0, 0.1) is 12.7 Å². The smallest absolute Gasteiger partial charge is 0.256 e. The third kappa shape index (κ3) is 5.03. The van der Waals surface area contributed by atoms with Crippen LogP contribution in [0.2, 0.25) is 5.02 Å². The molecule has 0 saturated heterocycles. The zero-order valence-electron chi connectivity index (χ0n) is 16.5. The van der Waals surface area contributed by atoms with Gasteiger partial charge in [-0.25, -0.2) is 4.39 Å². The van der Waals surface area contributed by atoms with E-state index in [1.54, 1.807) is 39.8 Å². The van der Waals surface area contributed by atoms with Gasteiger partial charge in [0.25, 0.3) is 5.91 Å². The highest BCUT2D eigenvalue weighted by molar-refractivity contribution is 9.10. The minimum Gasteiger partial charge on any atom is -0.305 e. The lowest BCUT2D eigenvalue weighted by Crippen LogP contribution is -2.14. The lowest BCUT2D eigenvalue weighted by molar-refractivity contribution is 0.102. The fourth-order valence-electron chi connectivity index (χ4n) is 3.18. The van der Waals surface area contributed by atoms with Gasteiger partial charge in [0.15, 0.2) is 5.82 Å². The molecule has 6 nitrogen and oxygen atoms in total. The first-order valence-electron chi connectivity index (χ1n) is 9.44. The van der Waals surface area contributed by atoms with Crippen LogP contribution in [0.1, 0.15) is 27.2 Å². The van der Waals surface area contributed by atoms with Gasteiger partial charge in [0.1, 0.15) is 5.82 Å². The number of carbonyl (C=O) groups is 1. The topological polar surface area (TPSA) is 64.7 Å². The maximum Gasteiger partial charge on any atom is 0.256 e. The Morgan fingerprint density at radius 3 is 2.74 bits per heavy atom. The Kier molecular flexibility index (Phi) is 6.20. The number of amides is 1. The van der Waals surface area contributed by atoms with Gasteiger partial charge in [0.05, 0.1) is 23.8 Å². The van der Waals surface area contributed by atoms with E-state index < -0.39 is 5.82 Å². The molecule has 0 unspecified atom stereocenters. The molecule has 1 N–H and O–H groups in total. The monoisotopic (exact) mass is 501 g/mol. The van der Waals surface area contributed by atoms with Crippen molar-refractivity contribution >= 4 is 39.3 Å². The summed E-state index contributed by atoms with van der Waals surface area (Å²) in [5.41, 5.74) is 2.58.